The molecule has 2 N–H and O–H groups in total. The lowest BCUT2D eigenvalue weighted by Crippen LogP contribution is -1.97. The molecule has 0 amide bonds. The molecule has 0 aromatic carbocycles. The highest BCUT2D eigenvalue weighted by atomic mass is 16.4. The van der Waals surface area contributed by atoms with E-state index in [0.29, 0.717) is 0 Å². The first-order chi connectivity index (χ1) is 5.75. The zero-order valence-electron chi connectivity index (χ0n) is 6.58. The lowest BCUT2D eigenvalue weighted by molar-refractivity contribution is 0.0691. The SMILES string of the molecule is O=C(O)c1cnc(CC2CC2)[nH]1. The normalized spacial score (nSPS) is 16.3. The molecule has 1 saturated carbocycles. The number of hydrogen-bond donors (Lipinski definition) is 2. The maximum Gasteiger partial charge on any atom is 0.353 e. The third-order valence-corrected chi connectivity index (χ3v) is 2.04. The zero-order chi connectivity index (χ0) is 8.55. The summed E-state index contributed by atoms with van der Waals surface area (Å²) < 4.78 is 0. The van der Waals surface area contributed by atoms with Crippen LogP contribution >= 0.6 is 0 Å². The number of rotatable bonds is 3. The summed E-state index contributed by atoms with van der Waals surface area (Å²) >= 11 is 0. The van der Waals surface area contributed by atoms with Gasteiger partial charge in [0.15, 0.2) is 0 Å². The molecule has 0 atom stereocenters. The van der Waals surface area contributed by atoms with E-state index in [9.17, 15) is 4.79 Å². The predicted molar refractivity (Wildman–Crippen MR) is 42.0 cm³/mol. The van der Waals surface area contributed by atoms with E-state index in [1.54, 1.807) is 0 Å². The van der Waals surface area contributed by atoms with Crippen LogP contribution in [0.5, 0.6) is 0 Å². The number of imidazole rings is 1. The molecule has 0 saturated heterocycles. The quantitative estimate of drug-likeness (QED) is 0.705. The van der Waals surface area contributed by atoms with Crippen molar-refractivity contribution in [3.63, 3.8) is 0 Å². The first kappa shape index (κ1) is 7.34. The Morgan fingerprint density at radius 3 is 3.00 bits per heavy atom. The van der Waals surface area contributed by atoms with Crippen molar-refractivity contribution in [1.82, 2.24) is 9.97 Å². The topological polar surface area (TPSA) is 66.0 Å². The first-order valence-electron chi connectivity index (χ1n) is 4.03. The van der Waals surface area contributed by atoms with Crippen LogP contribution in [-0.2, 0) is 6.42 Å². The van der Waals surface area contributed by atoms with Crippen molar-refractivity contribution in [2.75, 3.05) is 0 Å². The minimum atomic E-state index is -0.940. The van der Waals surface area contributed by atoms with Gasteiger partial charge in [0.1, 0.15) is 11.5 Å². The van der Waals surface area contributed by atoms with Crippen LogP contribution in [0.3, 0.4) is 0 Å². The molecule has 1 aromatic rings. The molecule has 1 aliphatic carbocycles. The fourth-order valence-electron chi connectivity index (χ4n) is 1.17. The fourth-order valence-corrected chi connectivity index (χ4v) is 1.17. The van der Waals surface area contributed by atoms with E-state index in [0.717, 1.165) is 18.2 Å². The van der Waals surface area contributed by atoms with Gasteiger partial charge in [0.25, 0.3) is 0 Å². The molecule has 0 bridgehead atoms. The van der Waals surface area contributed by atoms with Gasteiger partial charge in [0.2, 0.25) is 0 Å². The van der Waals surface area contributed by atoms with E-state index >= 15 is 0 Å². The van der Waals surface area contributed by atoms with E-state index in [1.807, 2.05) is 0 Å². The summed E-state index contributed by atoms with van der Waals surface area (Å²) in [5.74, 6) is 0.595. The minimum absolute atomic E-state index is 0.186. The maximum atomic E-state index is 10.4. The van der Waals surface area contributed by atoms with Crippen molar-refractivity contribution in [3.05, 3.63) is 17.7 Å². The standard InChI is InChI=1S/C8H10N2O2/c11-8(12)6-4-9-7(10-6)3-5-1-2-5/h4-5H,1-3H2,(H,9,10)(H,11,12). The Labute approximate surface area is 69.6 Å². The molecule has 12 heavy (non-hydrogen) atoms. The number of H-pyrrole nitrogens is 1. The Morgan fingerprint density at radius 1 is 1.75 bits per heavy atom. The van der Waals surface area contributed by atoms with Crippen LogP contribution in [0.4, 0.5) is 0 Å². The molecule has 0 radical (unpaired) electrons. The Morgan fingerprint density at radius 2 is 2.50 bits per heavy atom. The number of aromatic nitrogens is 2. The molecule has 1 fully saturated rings. The predicted octanol–water partition coefficient (Wildman–Crippen LogP) is 1.06. The van der Waals surface area contributed by atoms with Crippen LogP contribution < -0.4 is 0 Å². The molecule has 2 rings (SSSR count). The van der Waals surface area contributed by atoms with Gasteiger partial charge >= 0.3 is 5.97 Å². The highest BCUT2D eigenvalue weighted by Crippen LogP contribution is 2.31. The Kier molecular flexibility index (Phi) is 1.60. The fraction of sp³-hybridized carbons (Fsp3) is 0.500. The molecule has 1 heterocycles. The van der Waals surface area contributed by atoms with Gasteiger partial charge in [-0.2, -0.15) is 0 Å². The Balaban J connectivity index is 2.06. The molecule has 0 aliphatic heterocycles. The summed E-state index contributed by atoms with van der Waals surface area (Å²) in [6.07, 6.45) is 4.78. The number of nitrogens with one attached hydrogen (secondary N) is 1. The smallest absolute Gasteiger partial charge is 0.353 e. The van der Waals surface area contributed by atoms with Crippen LogP contribution in [0, 0.1) is 5.92 Å². The molecule has 1 aromatic heterocycles. The van der Waals surface area contributed by atoms with Gasteiger partial charge in [-0.25, -0.2) is 9.78 Å². The minimum Gasteiger partial charge on any atom is -0.477 e. The first-order valence-corrected chi connectivity index (χ1v) is 4.03. The second kappa shape index (κ2) is 2.62. The van der Waals surface area contributed by atoms with Crippen molar-refractivity contribution < 1.29 is 9.90 Å². The van der Waals surface area contributed by atoms with Gasteiger partial charge in [0.05, 0.1) is 6.20 Å². The van der Waals surface area contributed by atoms with Crippen LogP contribution in [0.15, 0.2) is 6.20 Å². The molecule has 4 heteroatoms. The van der Waals surface area contributed by atoms with Gasteiger partial charge in [-0.15, -0.1) is 0 Å². The maximum absolute atomic E-state index is 10.4. The van der Waals surface area contributed by atoms with Crippen LogP contribution in [0.2, 0.25) is 0 Å². The molecule has 0 spiro atoms. The van der Waals surface area contributed by atoms with Crippen molar-refractivity contribution in [2.24, 2.45) is 5.92 Å². The largest absolute Gasteiger partial charge is 0.477 e. The highest BCUT2D eigenvalue weighted by molar-refractivity contribution is 5.84. The van der Waals surface area contributed by atoms with E-state index in [4.69, 9.17) is 5.11 Å². The summed E-state index contributed by atoms with van der Waals surface area (Å²) in [5, 5.41) is 8.58. The molecule has 0 unspecified atom stereocenters. The molecular formula is C8H10N2O2. The Bertz CT molecular complexity index is 302. The van der Waals surface area contributed by atoms with Gasteiger partial charge in [0, 0.05) is 6.42 Å². The van der Waals surface area contributed by atoms with Crippen molar-refractivity contribution in [2.45, 2.75) is 19.3 Å². The molecule has 1 aliphatic rings. The third-order valence-electron chi connectivity index (χ3n) is 2.04. The van der Waals surface area contributed by atoms with Gasteiger partial charge < -0.3 is 10.1 Å². The highest BCUT2D eigenvalue weighted by Gasteiger charge is 2.23. The van der Waals surface area contributed by atoms with Crippen molar-refractivity contribution in [1.29, 1.82) is 0 Å². The monoisotopic (exact) mass is 166 g/mol. The number of hydrogen-bond acceptors (Lipinski definition) is 2. The number of aromatic amines is 1. The summed E-state index contributed by atoms with van der Waals surface area (Å²) in [5.41, 5.74) is 0.186. The zero-order valence-corrected chi connectivity index (χ0v) is 6.58. The van der Waals surface area contributed by atoms with Crippen LogP contribution in [0.1, 0.15) is 29.2 Å². The average molecular weight is 166 g/mol. The number of aromatic carboxylic acids is 1. The van der Waals surface area contributed by atoms with Gasteiger partial charge in [-0.05, 0) is 18.8 Å². The van der Waals surface area contributed by atoms with Crippen molar-refractivity contribution >= 4 is 5.97 Å². The summed E-state index contributed by atoms with van der Waals surface area (Å²) in [6.45, 7) is 0. The van der Waals surface area contributed by atoms with E-state index < -0.39 is 5.97 Å². The van der Waals surface area contributed by atoms with Crippen molar-refractivity contribution in [3.8, 4) is 0 Å². The van der Waals surface area contributed by atoms with E-state index in [2.05, 4.69) is 9.97 Å². The lowest BCUT2D eigenvalue weighted by Gasteiger charge is -1.90. The second-order valence-electron chi connectivity index (χ2n) is 3.20. The molecule has 64 valence electrons. The molecular weight excluding hydrogens is 156 g/mol. The number of carbonyl (C=O) groups is 1. The van der Waals surface area contributed by atoms with Crippen LogP contribution in [0.25, 0.3) is 0 Å². The summed E-state index contributed by atoms with van der Waals surface area (Å²) in [4.78, 5) is 17.2. The van der Waals surface area contributed by atoms with Gasteiger partial charge in [-0.1, -0.05) is 0 Å². The Hall–Kier alpha value is -1.32. The molecule has 4 nitrogen and oxygen atoms in total. The second-order valence-corrected chi connectivity index (χ2v) is 3.20. The van der Waals surface area contributed by atoms with E-state index in [1.165, 1.54) is 19.0 Å². The lowest BCUT2D eigenvalue weighted by atomic mass is 10.3. The van der Waals surface area contributed by atoms with Crippen LogP contribution in [-0.4, -0.2) is 21.0 Å². The van der Waals surface area contributed by atoms with E-state index in [-0.39, 0.29) is 5.69 Å². The number of nitrogens with zero attached hydrogens (tertiary/aromatic N) is 1. The summed E-state index contributed by atoms with van der Waals surface area (Å²) in [7, 11) is 0. The van der Waals surface area contributed by atoms with Gasteiger partial charge in [-0.3, -0.25) is 0 Å². The third kappa shape index (κ3) is 1.47. The summed E-state index contributed by atoms with van der Waals surface area (Å²) in [6, 6.07) is 0. The average Bonchev–Trinajstić information content (AvgIpc) is 2.66. The number of carboxylic acids is 1. The number of carboxylic acid groups (broad SMARTS) is 1.